The Morgan fingerprint density at radius 2 is 1.67 bits per heavy atom. The molecule has 33 heavy (non-hydrogen) atoms. The lowest BCUT2D eigenvalue weighted by molar-refractivity contribution is -0.160. The van der Waals surface area contributed by atoms with Crippen LogP contribution in [-0.4, -0.2) is 63.4 Å². The predicted molar refractivity (Wildman–Crippen MR) is 127 cm³/mol. The molecule has 1 aliphatic heterocycles. The van der Waals surface area contributed by atoms with Crippen molar-refractivity contribution in [3.8, 4) is 0 Å². The minimum absolute atomic E-state index is 0.144. The zero-order chi connectivity index (χ0) is 25.7. The van der Waals surface area contributed by atoms with E-state index in [4.69, 9.17) is 9.47 Å². The highest BCUT2D eigenvalue weighted by atomic mass is 16.6. The molecular weight excluding hydrogens is 424 g/mol. The van der Waals surface area contributed by atoms with Crippen LogP contribution in [0.3, 0.4) is 0 Å². The third-order valence-electron chi connectivity index (χ3n) is 5.65. The van der Waals surface area contributed by atoms with Gasteiger partial charge in [0.2, 0.25) is 5.91 Å². The molecule has 0 aromatic rings. The molecule has 0 aliphatic carbocycles. The van der Waals surface area contributed by atoms with E-state index in [1.807, 2.05) is 32.9 Å². The second-order valence-electron chi connectivity index (χ2n) is 11.0. The quantitative estimate of drug-likeness (QED) is 0.435. The Morgan fingerprint density at radius 1 is 1.12 bits per heavy atom. The van der Waals surface area contributed by atoms with Crippen molar-refractivity contribution >= 4 is 18.0 Å². The van der Waals surface area contributed by atoms with E-state index in [9.17, 15) is 19.5 Å². The summed E-state index contributed by atoms with van der Waals surface area (Å²) >= 11 is 0. The zero-order valence-corrected chi connectivity index (χ0v) is 22.0. The number of aliphatic hydroxyl groups excluding tert-OH is 1. The fourth-order valence-corrected chi connectivity index (χ4v) is 4.15. The molecule has 0 saturated carbocycles. The molecule has 2 amide bonds. The number of hydrogen-bond donors (Lipinski definition) is 2. The highest BCUT2D eigenvalue weighted by Crippen LogP contribution is 2.37. The average molecular weight is 469 g/mol. The van der Waals surface area contributed by atoms with E-state index in [1.165, 1.54) is 11.8 Å². The molecule has 8 heteroatoms. The van der Waals surface area contributed by atoms with Gasteiger partial charge in [-0.3, -0.25) is 9.69 Å². The SMILES string of the molecule is C/C=C\[C@@H]1C[C@H](C(=O)OC(C)(C)C)N(C(=O)OC(C)(C)C)[C@H]1[C@@H](NC(C)=O)[C@@H](O)[C@@H](C)CC. The molecule has 8 nitrogen and oxygen atoms in total. The third-order valence-corrected chi connectivity index (χ3v) is 5.65. The van der Waals surface area contributed by atoms with E-state index in [-0.39, 0.29) is 17.7 Å². The largest absolute Gasteiger partial charge is 0.458 e. The lowest BCUT2D eigenvalue weighted by Crippen LogP contribution is -2.61. The van der Waals surface area contributed by atoms with Crippen molar-refractivity contribution in [2.24, 2.45) is 11.8 Å². The number of aliphatic hydroxyl groups is 1. The van der Waals surface area contributed by atoms with Gasteiger partial charge >= 0.3 is 12.1 Å². The summed E-state index contributed by atoms with van der Waals surface area (Å²) in [5.74, 6) is -1.30. The Morgan fingerprint density at radius 3 is 2.09 bits per heavy atom. The van der Waals surface area contributed by atoms with Gasteiger partial charge in [-0.2, -0.15) is 0 Å². The van der Waals surface area contributed by atoms with Crippen LogP contribution in [0, 0.1) is 11.8 Å². The lowest BCUT2D eigenvalue weighted by atomic mass is 9.85. The van der Waals surface area contributed by atoms with Crippen molar-refractivity contribution < 1.29 is 29.0 Å². The standard InChI is InChI=1S/C25H44N2O6/c1-11-13-17-14-18(22(30)32-24(5,6)7)27(23(31)33-25(8,9)10)20(17)19(26-16(4)28)21(29)15(3)12-2/h11,13,15,17-21,29H,12,14H2,1-10H3,(H,26,28)/b13-11-/t15-,17+,18+,19+,20+,21-/m0/s1. The second-order valence-corrected chi connectivity index (χ2v) is 11.0. The average Bonchev–Trinajstić information content (AvgIpc) is 3.01. The molecule has 1 heterocycles. The molecular formula is C25H44N2O6. The lowest BCUT2D eigenvalue weighted by Gasteiger charge is -2.40. The van der Waals surface area contributed by atoms with Gasteiger partial charge in [0.1, 0.15) is 17.2 Å². The van der Waals surface area contributed by atoms with Crippen LogP contribution in [0.15, 0.2) is 12.2 Å². The second kappa shape index (κ2) is 11.4. The molecule has 0 spiro atoms. The van der Waals surface area contributed by atoms with Crippen molar-refractivity contribution in [1.29, 1.82) is 0 Å². The number of allylic oxidation sites excluding steroid dienone is 1. The van der Waals surface area contributed by atoms with Gasteiger partial charge in [0.05, 0.1) is 18.2 Å². The molecule has 1 fully saturated rings. The first-order chi connectivity index (χ1) is 15.0. The van der Waals surface area contributed by atoms with Crippen LogP contribution in [0.1, 0.15) is 82.1 Å². The maximum Gasteiger partial charge on any atom is 0.411 e. The van der Waals surface area contributed by atoms with Gasteiger partial charge in [-0.05, 0) is 60.8 Å². The summed E-state index contributed by atoms with van der Waals surface area (Å²) in [7, 11) is 0. The normalized spacial score (nSPS) is 24.3. The van der Waals surface area contributed by atoms with Gasteiger partial charge in [0.25, 0.3) is 0 Å². The monoisotopic (exact) mass is 468 g/mol. The minimum atomic E-state index is -0.932. The van der Waals surface area contributed by atoms with E-state index in [0.29, 0.717) is 12.8 Å². The van der Waals surface area contributed by atoms with E-state index in [1.54, 1.807) is 41.5 Å². The maximum absolute atomic E-state index is 13.4. The van der Waals surface area contributed by atoms with Crippen molar-refractivity contribution in [2.45, 2.75) is 118 Å². The Labute approximate surface area is 199 Å². The van der Waals surface area contributed by atoms with Crippen LogP contribution < -0.4 is 5.32 Å². The molecule has 1 aliphatic rings. The van der Waals surface area contributed by atoms with Crippen molar-refractivity contribution in [2.75, 3.05) is 0 Å². The number of likely N-dealkylation sites (tertiary alicyclic amines) is 1. The predicted octanol–water partition coefficient (Wildman–Crippen LogP) is 3.81. The summed E-state index contributed by atoms with van der Waals surface area (Å²) < 4.78 is 11.3. The number of carbonyl (C=O) groups excluding carboxylic acids is 3. The van der Waals surface area contributed by atoms with Gasteiger partial charge in [-0.15, -0.1) is 0 Å². The molecule has 1 rings (SSSR count). The molecule has 0 radical (unpaired) electrons. The number of carbonyl (C=O) groups is 3. The van der Waals surface area contributed by atoms with E-state index in [2.05, 4.69) is 5.32 Å². The topological polar surface area (TPSA) is 105 Å². The summed E-state index contributed by atoms with van der Waals surface area (Å²) in [5.41, 5.74) is -1.53. The third kappa shape index (κ3) is 8.32. The molecule has 0 aromatic carbocycles. The highest BCUT2D eigenvalue weighted by molar-refractivity contribution is 5.83. The smallest absolute Gasteiger partial charge is 0.411 e. The number of nitrogens with one attached hydrogen (secondary N) is 1. The van der Waals surface area contributed by atoms with Gasteiger partial charge in [-0.1, -0.05) is 32.4 Å². The first-order valence-electron chi connectivity index (χ1n) is 11.8. The van der Waals surface area contributed by atoms with E-state index < -0.39 is 47.5 Å². The Kier molecular flexibility index (Phi) is 9.96. The van der Waals surface area contributed by atoms with Crippen LogP contribution in [0.5, 0.6) is 0 Å². The fourth-order valence-electron chi connectivity index (χ4n) is 4.15. The van der Waals surface area contributed by atoms with Gasteiger partial charge in [0, 0.05) is 12.8 Å². The van der Waals surface area contributed by atoms with Gasteiger partial charge in [-0.25, -0.2) is 9.59 Å². The van der Waals surface area contributed by atoms with Crippen LogP contribution in [0.25, 0.3) is 0 Å². The Balaban J connectivity index is 3.61. The molecule has 2 N–H and O–H groups in total. The molecule has 0 bridgehead atoms. The van der Waals surface area contributed by atoms with Crippen LogP contribution in [0.2, 0.25) is 0 Å². The zero-order valence-electron chi connectivity index (χ0n) is 22.0. The molecule has 0 aromatic heterocycles. The van der Waals surface area contributed by atoms with Crippen LogP contribution >= 0.6 is 0 Å². The van der Waals surface area contributed by atoms with Crippen LogP contribution in [0.4, 0.5) is 4.79 Å². The molecule has 190 valence electrons. The van der Waals surface area contributed by atoms with Crippen molar-refractivity contribution in [3.63, 3.8) is 0 Å². The van der Waals surface area contributed by atoms with E-state index >= 15 is 0 Å². The summed E-state index contributed by atoms with van der Waals surface area (Å²) in [4.78, 5) is 40.1. The van der Waals surface area contributed by atoms with Crippen molar-refractivity contribution in [1.82, 2.24) is 10.2 Å². The Hall–Kier alpha value is -2.09. The van der Waals surface area contributed by atoms with E-state index in [0.717, 1.165) is 0 Å². The first-order valence-corrected chi connectivity index (χ1v) is 11.8. The molecule has 6 atom stereocenters. The number of amides is 2. The minimum Gasteiger partial charge on any atom is -0.458 e. The summed E-state index contributed by atoms with van der Waals surface area (Å²) in [5, 5.41) is 14.0. The number of hydrogen-bond acceptors (Lipinski definition) is 6. The summed E-state index contributed by atoms with van der Waals surface area (Å²) in [6.07, 6.45) is 3.13. The molecule has 1 saturated heterocycles. The molecule has 0 unspecified atom stereocenters. The number of rotatable bonds is 7. The Bertz CT molecular complexity index is 721. The van der Waals surface area contributed by atoms with Gasteiger partial charge in [0.15, 0.2) is 0 Å². The fraction of sp³-hybridized carbons (Fsp3) is 0.800. The number of ether oxygens (including phenoxy) is 2. The number of nitrogens with zero attached hydrogens (tertiary/aromatic N) is 1. The first kappa shape index (κ1) is 28.9. The highest BCUT2D eigenvalue weighted by Gasteiger charge is 2.53. The number of esters is 1. The van der Waals surface area contributed by atoms with Crippen LogP contribution in [-0.2, 0) is 19.1 Å². The van der Waals surface area contributed by atoms with Crippen molar-refractivity contribution in [3.05, 3.63) is 12.2 Å². The summed E-state index contributed by atoms with van der Waals surface area (Å²) in [6, 6.07) is -2.40. The maximum atomic E-state index is 13.4. The van der Waals surface area contributed by atoms with Gasteiger partial charge < -0.3 is 19.9 Å². The summed E-state index contributed by atoms with van der Waals surface area (Å²) in [6.45, 7) is 17.6.